The van der Waals surface area contributed by atoms with E-state index < -0.39 is 0 Å². The third-order valence-corrected chi connectivity index (χ3v) is 4.10. The number of hydrogen-bond acceptors (Lipinski definition) is 2. The summed E-state index contributed by atoms with van der Waals surface area (Å²) in [6.45, 7) is 7.76. The van der Waals surface area contributed by atoms with Gasteiger partial charge in [-0.3, -0.25) is 0 Å². The maximum Gasteiger partial charge on any atom is 0.140 e. The molecule has 0 amide bonds. The molecule has 106 valence electrons. The normalized spacial score (nSPS) is 19.7. The number of methoxy groups -OCH3 is 1. The molecule has 1 aliphatic rings. The lowest BCUT2D eigenvalue weighted by Crippen LogP contribution is -2.24. The van der Waals surface area contributed by atoms with Crippen molar-refractivity contribution in [2.75, 3.05) is 13.7 Å². The molecule has 2 rings (SSSR count). The standard InChI is InChI=1S/C16H24ClNO/c1-16(2,3)12-8-11(9-13-6-5-7-18-13)15(19-4)14(17)10-12/h8,10,13,18H,5-7,9H2,1-4H3. The molecule has 0 radical (unpaired) electrons. The Bertz CT molecular complexity index is 445. The Morgan fingerprint density at radius 1 is 1.37 bits per heavy atom. The minimum atomic E-state index is 0.105. The van der Waals surface area contributed by atoms with Gasteiger partial charge in [-0.15, -0.1) is 0 Å². The molecule has 2 nitrogen and oxygen atoms in total. The maximum atomic E-state index is 6.38. The number of ether oxygens (including phenoxy) is 1. The highest BCUT2D eigenvalue weighted by Crippen LogP contribution is 2.35. The Kier molecular flexibility index (Phi) is 4.42. The van der Waals surface area contributed by atoms with E-state index in [1.165, 1.54) is 24.0 Å². The van der Waals surface area contributed by atoms with Gasteiger partial charge in [-0.05, 0) is 48.4 Å². The second-order valence-electron chi connectivity index (χ2n) is 6.40. The SMILES string of the molecule is COc1c(Cl)cc(C(C)(C)C)cc1CC1CCCN1. The van der Waals surface area contributed by atoms with Gasteiger partial charge < -0.3 is 10.1 Å². The second kappa shape index (κ2) is 5.72. The lowest BCUT2D eigenvalue weighted by atomic mass is 9.85. The summed E-state index contributed by atoms with van der Waals surface area (Å²) in [5.74, 6) is 0.836. The number of halogens is 1. The van der Waals surface area contributed by atoms with E-state index in [0.29, 0.717) is 6.04 Å². The fourth-order valence-electron chi connectivity index (χ4n) is 2.66. The third kappa shape index (κ3) is 3.43. The summed E-state index contributed by atoms with van der Waals surface area (Å²) in [5, 5.41) is 4.26. The fraction of sp³-hybridized carbons (Fsp3) is 0.625. The van der Waals surface area contributed by atoms with Crippen molar-refractivity contribution in [3.63, 3.8) is 0 Å². The van der Waals surface area contributed by atoms with Crippen LogP contribution in [0.1, 0.15) is 44.7 Å². The molecule has 1 N–H and O–H groups in total. The smallest absolute Gasteiger partial charge is 0.140 e. The zero-order valence-electron chi connectivity index (χ0n) is 12.3. The van der Waals surface area contributed by atoms with Crippen LogP contribution in [0.3, 0.4) is 0 Å². The Morgan fingerprint density at radius 2 is 2.11 bits per heavy atom. The highest BCUT2D eigenvalue weighted by atomic mass is 35.5. The molecular weight excluding hydrogens is 258 g/mol. The van der Waals surface area contributed by atoms with Gasteiger partial charge in [0.05, 0.1) is 12.1 Å². The van der Waals surface area contributed by atoms with E-state index >= 15 is 0 Å². The van der Waals surface area contributed by atoms with Gasteiger partial charge >= 0.3 is 0 Å². The summed E-state index contributed by atoms with van der Waals surface area (Å²) in [7, 11) is 1.70. The summed E-state index contributed by atoms with van der Waals surface area (Å²) in [6, 6.07) is 4.84. The first-order valence-corrected chi connectivity index (χ1v) is 7.40. The topological polar surface area (TPSA) is 21.3 Å². The third-order valence-electron chi connectivity index (χ3n) is 3.82. The first kappa shape index (κ1) is 14.7. The molecule has 1 aromatic rings. The number of benzene rings is 1. The highest BCUT2D eigenvalue weighted by Gasteiger charge is 2.22. The average molecular weight is 282 g/mol. The highest BCUT2D eigenvalue weighted by molar-refractivity contribution is 6.32. The van der Waals surface area contributed by atoms with Crippen LogP contribution in [0.4, 0.5) is 0 Å². The van der Waals surface area contributed by atoms with Gasteiger partial charge in [0.25, 0.3) is 0 Å². The number of rotatable bonds is 3. The minimum absolute atomic E-state index is 0.105. The van der Waals surface area contributed by atoms with Crippen LogP contribution in [-0.2, 0) is 11.8 Å². The zero-order valence-corrected chi connectivity index (χ0v) is 13.1. The van der Waals surface area contributed by atoms with E-state index in [-0.39, 0.29) is 5.41 Å². The summed E-state index contributed by atoms with van der Waals surface area (Å²) in [5.41, 5.74) is 2.60. The van der Waals surface area contributed by atoms with Gasteiger partial charge in [-0.2, -0.15) is 0 Å². The van der Waals surface area contributed by atoms with Crippen LogP contribution in [0.15, 0.2) is 12.1 Å². The van der Waals surface area contributed by atoms with Crippen LogP contribution in [0.5, 0.6) is 5.75 Å². The van der Waals surface area contributed by atoms with Crippen molar-refractivity contribution in [3.8, 4) is 5.75 Å². The maximum absolute atomic E-state index is 6.38. The van der Waals surface area contributed by atoms with Gasteiger partial charge in [0.15, 0.2) is 0 Å². The van der Waals surface area contributed by atoms with Crippen LogP contribution >= 0.6 is 11.6 Å². The lowest BCUT2D eigenvalue weighted by molar-refractivity contribution is 0.406. The molecular formula is C16H24ClNO. The molecule has 0 spiro atoms. The molecule has 1 unspecified atom stereocenters. The van der Waals surface area contributed by atoms with Crippen LogP contribution in [0.25, 0.3) is 0 Å². The summed E-state index contributed by atoms with van der Waals surface area (Å²) >= 11 is 6.38. The summed E-state index contributed by atoms with van der Waals surface area (Å²) in [6.07, 6.45) is 3.49. The largest absolute Gasteiger partial charge is 0.495 e. The van der Waals surface area contributed by atoms with Gasteiger partial charge in [0.1, 0.15) is 5.75 Å². The van der Waals surface area contributed by atoms with E-state index in [0.717, 1.165) is 23.7 Å². The Morgan fingerprint density at radius 3 is 2.63 bits per heavy atom. The van der Waals surface area contributed by atoms with Crippen LogP contribution in [-0.4, -0.2) is 19.7 Å². The quantitative estimate of drug-likeness (QED) is 0.906. The number of hydrogen-bond donors (Lipinski definition) is 1. The van der Waals surface area contributed by atoms with E-state index in [1.54, 1.807) is 7.11 Å². The molecule has 0 saturated carbocycles. The molecule has 1 fully saturated rings. The molecule has 0 aliphatic carbocycles. The molecule has 1 aliphatic heterocycles. The Labute approximate surface area is 121 Å². The van der Waals surface area contributed by atoms with Crippen molar-refractivity contribution in [1.29, 1.82) is 0 Å². The molecule has 19 heavy (non-hydrogen) atoms. The predicted molar refractivity (Wildman–Crippen MR) is 81.4 cm³/mol. The van der Waals surface area contributed by atoms with Crippen molar-refractivity contribution in [2.45, 2.75) is 51.5 Å². The van der Waals surface area contributed by atoms with Gasteiger partial charge in [-0.25, -0.2) is 0 Å². The predicted octanol–water partition coefficient (Wildman–Crippen LogP) is 3.94. The first-order chi connectivity index (χ1) is 8.91. The van der Waals surface area contributed by atoms with Crippen molar-refractivity contribution in [2.24, 2.45) is 0 Å². The van der Waals surface area contributed by atoms with Crippen molar-refractivity contribution in [3.05, 3.63) is 28.3 Å². The minimum Gasteiger partial charge on any atom is -0.495 e. The molecule has 1 saturated heterocycles. The molecule has 0 bridgehead atoms. The lowest BCUT2D eigenvalue weighted by Gasteiger charge is -2.23. The van der Waals surface area contributed by atoms with Gasteiger partial charge in [0, 0.05) is 6.04 Å². The summed E-state index contributed by atoms with van der Waals surface area (Å²) in [4.78, 5) is 0. The molecule has 0 aromatic heterocycles. The van der Waals surface area contributed by atoms with Gasteiger partial charge in [-0.1, -0.05) is 38.4 Å². The first-order valence-electron chi connectivity index (χ1n) is 7.02. The van der Waals surface area contributed by atoms with Crippen molar-refractivity contribution in [1.82, 2.24) is 5.32 Å². The zero-order chi connectivity index (χ0) is 14.0. The molecule has 1 aromatic carbocycles. The van der Waals surface area contributed by atoms with E-state index in [4.69, 9.17) is 16.3 Å². The molecule has 1 heterocycles. The Balaban J connectivity index is 2.35. The van der Waals surface area contributed by atoms with Crippen LogP contribution in [0, 0.1) is 0 Å². The second-order valence-corrected chi connectivity index (χ2v) is 6.81. The average Bonchev–Trinajstić information content (AvgIpc) is 2.80. The van der Waals surface area contributed by atoms with E-state index in [2.05, 4.69) is 32.2 Å². The van der Waals surface area contributed by atoms with Crippen LogP contribution in [0.2, 0.25) is 5.02 Å². The van der Waals surface area contributed by atoms with Gasteiger partial charge in [0.2, 0.25) is 0 Å². The van der Waals surface area contributed by atoms with E-state index in [9.17, 15) is 0 Å². The molecule has 1 atom stereocenters. The van der Waals surface area contributed by atoms with E-state index in [1.807, 2.05) is 6.07 Å². The monoisotopic (exact) mass is 281 g/mol. The van der Waals surface area contributed by atoms with Crippen LogP contribution < -0.4 is 10.1 Å². The fourth-order valence-corrected chi connectivity index (χ4v) is 2.98. The van der Waals surface area contributed by atoms with Crippen molar-refractivity contribution < 1.29 is 4.74 Å². The summed E-state index contributed by atoms with van der Waals surface area (Å²) < 4.78 is 5.49. The number of nitrogens with one attached hydrogen (secondary N) is 1. The molecule has 3 heteroatoms. The Hall–Kier alpha value is -0.730. The van der Waals surface area contributed by atoms with Crippen molar-refractivity contribution >= 4 is 11.6 Å².